The second-order valence-electron chi connectivity index (χ2n) is 8.96. The first-order chi connectivity index (χ1) is 15.5. The smallest absolute Gasteiger partial charge is 0.369 e. The summed E-state index contributed by atoms with van der Waals surface area (Å²) in [6.07, 6.45) is -0.942. The summed E-state index contributed by atoms with van der Waals surface area (Å²) in [6, 6.07) is -0.107. The molecule has 1 aliphatic heterocycles. The van der Waals surface area contributed by atoms with Gasteiger partial charge in [-0.3, -0.25) is 4.79 Å². The lowest BCUT2D eigenvalue weighted by Crippen LogP contribution is -2.50. The van der Waals surface area contributed by atoms with Gasteiger partial charge in [-0.25, -0.2) is 15.0 Å². The molecule has 2 aromatic heterocycles. The van der Waals surface area contributed by atoms with Crippen LogP contribution >= 0.6 is 0 Å². The Kier molecular flexibility index (Phi) is 6.02. The van der Waals surface area contributed by atoms with Crippen LogP contribution in [-0.2, 0) is 11.0 Å². The zero-order valence-corrected chi connectivity index (χ0v) is 18.9. The van der Waals surface area contributed by atoms with E-state index in [-0.39, 0.29) is 23.9 Å². The summed E-state index contributed by atoms with van der Waals surface area (Å²) in [4.78, 5) is 30.7. The largest absolute Gasteiger partial charge is 0.434 e. The van der Waals surface area contributed by atoms with Crippen LogP contribution in [0.4, 0.5) is 36.4 Å². The molecule has 0 saturated heterocycles. The molecular formula is C21H27F3N8O. The van der Waals surface area contributed by atoms with Gasteiger partial charge in [0.1, 0.15) is 17.5 Å². The van der Waals surface area contributed by atoms with Crippen LogP contribution in [0.3, 0.4) is 0 Å². The fraction of sp³-hybridized carbons (Fsp3) is 0.571. The monoisotopic (exact) mass is 464 g/mol. The van der Waals surface area contributed by atoms with Gasteiger partial charge in [-0.15, -0.1) is 0 Å². The van der Waals surface area contributed by atoms with Crippen LogP contribution < -0.4 is 20.9 Å². The summed E-state index contributed by atoms with van der Waals surface area (Å²) in [7, 11) is 1.87. The number of alkyl halides is 3. The number of carbonyl (C=O) groups is 1. The molecule has 0 bridgehead atoms. The summed E-state index contributed by atoms with van der Waals surface area (Å²) >= 11 is 0. The number of rotatable bonds is 6. The van der Waals surface area contributed by atoms with E-state index >= 15 is 0 Å². The van der Waals surface area contributed by atoms with Crippen LogP contribution in [0.5, 0.6) is 0 Å². The molecule has 3 heterocycles. The zero-order chi connectivity index (χ0) is 23.9. The van der Waals surface area contributed by atoms with Crippen LogP contribution in [-0.4, -0.2) is 51.5 Å². The quantitative estimate of drug-likeness (QED) is 0.598. The molecule has 1 fully saturated rings. The van der Waals surface area contributed by atoms with E-state index in [4.69, 9.17) is 0 Å². The van der Waals surface area contributed by atoms with Crippen molar-refractivity contribution in [1.29, 1.82) is 0 Å². The molecule has 1 aliphatic carbocycles. The average Bonchev–Trinajstić information content (AvgIpc) is 2.70. The Labute approximate surface area is 189 Å². The minimum absolute atomic E-state index is 0.0560. The van der Waals surface area contributed by atoms with E-state index in [1.165, 1.54) is 0 Å². The third kappa shape index (κ3) is 4.79. The molecule has 178 valence electrons. The fourth-order valence-corrected chi connectivity index (χ4v) is 4.30. The maximum atomic E-state index is 12.6. The first kappa shape index (κ1) is 23.0. The van der Waals surface area contributed by atoms with E-state index in [1.54, 1.807) is 0 Å². The number of fused-ring (bicyclic) bond motifs is 1. The molecule has 0 aromatic carbocycles. The van der Waals surface area contributed by atoms with E-state index < -0.39 is 11.9 Å². The first-order valence-electron chi connectivity index (χ1n) is 10.8. The lowest BCUT2D eigenvalue weighted by molar-refractivity contribution is -0.141. The molecule has 33 heavy (non-hydrogen) atoms. The highest BCUT2D eigenvalue weighted by Crippen LogP contribution is 2.36. The van der Waals surface area contributed by atoms with E-state index in [0.717, 1.165) is 25.2 Å². The Hall–Kier alpha value is -3.18. The summed E-state index contributed by atoms with van der Waals surface area (Å²) in [5.41, 5.74) is 0.327. The average molecular weight is 464 g/mol. The van der Waals surface area contributed by atoms with Crippen molar-refractivity contribution in [2.75, 3.05) is 34.4 Å². The van der Waals surface area contributed by atoms with E-state index in [1.807, 2.05) is 32.7 Å². The number of aryl methyl sites for hydroxylation is 1. The lowest BCUT2D eigenvalue weighted by atomic mass is 9.80. The molecule has 0 radical (unpaired) electrons. The summed E-state index contributed by atoms with van der Waals surface area (Å²) in [5.74, 6) is 1.95. The van der Waals surface area contributed by atoms with Gasteiger partial charge in [0.15, 0.2) is 11.5 Å². The number of aromatic nitrogens is 4. The van der Waals surface area contributed by atoms with Gasteiger partial charge >= 0.3 is 6.18 Å². The number of hydrogen-bond acceptors (Lipinski definition) is 8. The van der Waals surface area contributed by atoms with Crippen LogP contribution in [0, 0.1) is 18.8 Å². The molecule has 1 saturated carbocycles. The molecule has 9 nitrogen and oxygen atoms in total. The fourth-order valence-electron chi connectivity index (χ4n) is 4.30. The maximum Gasteiger partial charge on any atom is 0.434 e. The summed E-state index contributed by atoms with van der Waals surface area (Å²) in [5, 5.41) is 9.33. The highest BCUT2D eigenvalue weighted by atomic mass is 19.4. The van der Waals surface area contributed by atoms with Gasteiger partial charge in [-0.2, -0.15) is 18.2 Å². The molecule has 1 atom stereocenters. The van der Waals surface area contributed by atoms with Gasteiger partial charge in [0.05, 0.1) is 18.1 Å². The van der Waals surface area contributed by atoms with E-state index in [2.05, 4.69) is 35.9 Å². The van der Waals surface area contributed by atoms with Gasteiger partial charge in [-0.05, 0) is 31.6 Å². The summed E-state index contributed by atoms with van der Waals surface area (Å²) < 4.78 is 37.7. The second kappa shape index (κ2) is 8.64. The second-order valence-corrected chi connectivity index (χ2v) is 8.96. The highest BCUT2D eigenvalue weighted by molar-refractivity contribution is 6.03. The van der Waals surface area contributed by atoms with Crippen LogP contribution in [0.2, 0.25) is 0 Å². The number of carbonyl (C=O) groups excluding carboxylic acids is 1. The lowest BCUT2D eigenvalue weighted by Gasteiger charge is -2.38. The first-order valence-corrected chi connectivity index (χ1v) is 10.8. The minimum Gasteiger partial charge on any atom is -0.369 e. The Balaban J connectivity index is 1.32. The van der Waals surface area contributed by atoms with E-state index in [0.29, 0.717) is 41.4 Å². The Morgan fingerprint density at radius 1 is 1.21 bits per heavy atom. The van der Waals surface area contributed by atoms with Crippen LogP contribution in [0.25, 0.3) is 0 Å². The van der Waals surface area contributed by atoms with Crippen molar-refractivity contribution in [2.45, 2.75) is 51.9 Å². The number of nitrogens with zero attached hydrogens (tertiary/aromatic N) is 5. The van der Waals surface area contributed by atoms with Crippen molar-refractivity contribution in [3.8, 4) is 0 Å². The van der Waals surface area contributed by atoms with Crippen molar-refractivity contribution in [3.05, 3.63) is 23.8 Å². The Bertz CT molecular complexity index is 1020. The van der Waals surface area contributed by atoms with Gasteiger partial charge in [0.2, 0.25) is 11.9 Å². The number of hydrogen-bond donors (Lipinski definition) is 3. The van der Waals surface area contributed by atoms with Crippen molar-refractivity contribution in [2.24, 2.45) is 11.8 Å². The number of likely N-dealkylation sites (N-methyl/N-ethyl adjacent to an activating group) is 1. The van der Waals surface area contributed by atoms with Crippen LogP contribution in [0.1, 0.15) is 38.1 Å². The number of halogens is 3. The molecule has 4 rings (SSSR count). The molecule has 1 unspecified atom stereocenters. The molecule has 12 heteroatoms. The van der Waals surface area contributed by atoms with E-state index in [9.17, 15) is 18.0 Å². The summed E-state index contributed by atoms with van der Waals surface area (Å²) in [6.45, 7) is 6.43. The Morgan fingerprint density at radius 2 is 1.94 bits per heavy atom. The standard InChI is InChI=1S/C21H27F3N8O/c1-10(2)17-19(33)30-16-11(3)28-20(31-18(16)32(17)4)29-13-5-12(6-13)7-26-15-9-25-14(8-27-15)21(22,23)24/h8-10,12-13,17H,5-7H2,1-4H3,(H,26,27)(H,30,33)(H,28,29,31)/t12-,13+,17?. The topological polar surface area (TPSA) is 108 Å². The molecule has 2 aliphatic rings. The number of amides is 1. The van der Waals surface area contributed by atoms with Gasteiger partial charge in [0, 0.05) is 19.6 Å². The molecule has 2 aromatic rings. The van der Waals surface area contributed by atoms with Crippen molar-refractivity contribution in [3.63, 3.8) is 0 Å². The predicted molar refractivity (Wildman–Crippen MR) is 118 cm³/mol. The highest BCUT2D eigenvalue weighted by Gasteiger charge is 2.36. The normalized spacial score (nSPS) is 22.5. The molecule has 0 spiro atoms. The van der Waals surface area contributed by atoms with Crippen molar-refractivity contribution in [1.82, 2.24) is 19.9 Å². The Morgan fingerprint density at radius 3 is 2.55 bits per heavy atom. The van der Waals surface area contributed by atoms with Crippen molar-refractivity contribution >= 4 is 29.2 Å². The molecule has 3 N–H and O–H groups in total. The number of nitrogens with one attached hydrogen (secondary N) is 3. The molecular weight excluding hydrogens is 437 g/mol. The minimum atomic E-state index is -4.49. The van der Waals surface area contributed by atoms with Crippen LogP contribution in [0.15, 0.2) is 12.4 Å². The third-order valence-electron chi connectivity index (χ3n) is 6.05. The SMILES string of the molecule is Cc1nc(N[C@H]2C[C@@H](CNc3cnc(C(F)(F)F)cn3)C2)nc2c1NC(=O)C(C(C)C)N2C. The number of anilines is 4. The predicted octanol–water partition coefficient (Wildman–Crippen LogP) is 3.31. The van der Waals surface area contributed by atoms with Gasteiger partial charge in [0.25, 0.3) is 0 Å². The van der Waals surface area contributed by atoms with Gasteiger partial charge < -0.3 is 20.9 Å². The molecule has 1 amide bonds. The van der Waals surface area contributed by atoms with Gasteiger partial charge in [-0.1, -0.05) is 13.8 Å². The van der Waals surface area contributed by atoms with Crippen molar-refractivity contribution < 1.29 is 18.0 Å². The third-order valence-corrected chi connectivity index (χ3v) is 6.05. The zero-order valence-electron chi connectivity index (χ0n) is 18.9. The maximum absolute atomic E-state index is 12.6.